The van der Waals surface area contributed by atoms with Crippen LogP contribution in [-0.4, -0.2) is 24.3 Å². The Morgan fingerprint density at radius 2 is 1.67 bits per heavy atom. The largest absolute Gasteiger partial charge is 0.493 e. The molecule has 0 N–H and O–H groups in total. The number of hydrogen-bond donors (Lipinski definition) is 0. The molecule has 1 aliphatic heterocycles. The molecule has 0 spiro atoms. The zero-order valence-corrected chi connectivity index (χ0v) is 27.2. The van der Waals surface area contributed by atoms with Gasteiger partial charge in [-0.15, -0.1) is 0 Å². The molecule has 10 heteroatoms. The molecule has 4 aromatic carbocycles. The number of carbonyl (C=O) groups is 1. The molecule has 1 atom stereocenters. The summed E-state index contributed by atoms with van der Waals surface area (Å²) in [5.41, 5.74) is 3.42. The van der Waals surface area contributed by atoms with E-state index in [2.05, 4.69) is 0 Å². The van der Waals surface area contributed by atoms with Crippen LogP contribution in [0.25, 0.3) is 11.8 Å². The van der Waals surface area contributed by atoms with Crippen LogP contribution in [0.4, 0.5) is 0 Å². The third-order valence-electron chi connectivity index (χ3n) is 7.33. The van der Waals surface area contributed by atoms with Gasteiger partial charge >= 0.3 is 5.97 Å². The first kappa shape index (κ1) is 31.4. The Morgan fingerprint density at radius 3 is 2.35 bits per heavy atom. The molecular formula is C36H28Cl2N2O5S. The van der Waals surface area contributed by atoms with Gasteiger partial charge in [0, 0.05) is 10.6 Å². The molecule has 0 bridgehead atoms. The number of methoxy groups -OCH3 is 1. The number of esters is 1. The van der Waals surface area contributed by atoms with Crippen molar-refractivity contribution in [2.24, 2.45) is 4.99 Å². The van der Waals surface area contributed by atoms with E-state index >= 15 is 0 Å². The zero-order chi connectivity index (χ0) is 32.2. The number of carbonyl (C=O) groups excluding carboxylic acids is 1. The summed E-state index contributed by atoms with van der Waals surface area (Å²) < 4.78 is 19.1. The minimum absolute atomic E-state index is 0.163. The summed E-state index contributed by atoms with van der Waals surface area (Å²) in [5, 5.41) is 0.868. The topological polar surface area (TPSA) is 79.1 Å². The Hall–Kier alpha value is -4.63. The molecule has 0 saturated carbocycles. The van der Waals surface area contributed by atoms with Gasteiger partial charge in [-0.2, -0.15) is 0 Å². The standard InChI is InChI=1S/C36H28Cl2N2O5S/c1-3-44-35(42)30-31(24-12-8-5-9-13-24)39-36-40(32(30)25-14-16-26(37)17-15-25)34(41)29(46-36)20-23-18-27(38)33(28(19-23)43-2)45-21-22-10-6-4-7-11-22/h4-20,32H,3,21H2,1-2H3/b29-20-/t32-/m1/s1. The summed E-state index contributed by atoms with van der Waals surface area (Å²) in [6.07, 6.45) is 1.73. The average Bonchev–Trinajstić information content (AvgIpc) is 3.38. The van der Waals surface area contributed by atoms with Gasteiger partial charge in [-0.25, -0.2) is 9.79 Å². The van der Waals surface area contributed by atoms with Crippen LogP contribution in [0.2, 0.25) is 10.0 Å². The number of nitrogens with zero attached hydrogens (tertiary/aromatic N) is 2. The Kier molecular flexibility index (Phi) is 9.40. The number of thiazole rings is 1. The summed E-state index contributed by atoms with van der Waals surface area (Å²) in [6.45, 7) is 2.21. The fourth-order valence-electron chi connectivity index (χ4n) is 5.25. The molecule has 232 valence electrons. The maximum Gasteiger partial charge on any atom is 0.338 e. The summed E-state index contributed by atoms with van der Waals surface area (Å²) in [7, 11) is 1.53. The fraction of sp³-hybridized carbons (Fsp3) is 0.139. The molecule has 1 aliphatic rings. The van der Waals surface area contributed by atoms with Gasteiger partial charge < -0.3 is 14.2 Å². The normalized spacial score (nSPS) is 14.4. The lowest BCUT2D eigenvalue weighted by Gasteiger charge is -2.25. The second-order valence-corrected chi connectivity index (χ2v) is 12.1. The van der Waals surface area contributed by atoms with E-state index in [1.807, 2.05) is 60.7 Å². The lowest BCUT2D eigenvalue weighted by molar-refractivity contribution is -0.138. The van der Waals surface area contributed by atoms with Crippen molar-refractivity contribution in [3.05, 3.63) is 155 Å². The number of rotatable bonds is 9. The van der Waals surface area contributed by atoms with Crippen LogP contribution < -0.4 is 24.4 Å². The molecule has 0 fully saturated rings. The summed E-state index contributed by atoms with van der Waals surface area (Å²) in [4.78, 5) is 33.1. The van der Waals surface area contributed by atoms with Gasteiger partial charge in [-0.05, 0) is 54.0 Å². The van der Waals surface area contributed by atoms with E-state index < -0.39 is 12.0 Å². The van der Waals surface area contributed by atoms with E-state index in [1.165, 1.54) is 23.0 Å². The van der Waals surface area contributed by atoms with Crippen molar-refractivity contribution in [2.45, 2.75) is 19.6 Å². The van der Waals surface area contributed by atoms with E-state index in [4.69, 9.17) is 42.4 Å². The van der Waals surface area contributed by atoms with Crippen molar-refractivity contribution in [3.63, 3.8) is 0 Å². The predicted octanol–water partition coefficient (Wildman–Crippen LogP) is 6.83. The van der Waals surface area contributed by atoms with Crippen molar-refractivity contribution in [3.8, 4) is 11.5 Å². The number of benzene rings is 4. The Balaban J connectivity index is 1.50. The maximum atomic E-state index is 14.2. The van der Waals surface area contributed by atoms with Crippen molar-refractivity contribution in [2.75, 3.05) is 13.7 Å². The average molecular weight is 672 g/mol. The van der Waals surface area contributed by atoms with Gasteiger partial charge in [0.05, 0.1) is 40.6 Å². The van der Waals surface area contributed by atoms with E-state index in [0.717, 1.165) is 11.1 Å². The van der Waals surface area contributed by atoms with E-state index in [0.29, 0.717) is 54.3 Å². The molecule has 2 heterocycles. The first-order valence-electron chi connectivity index (χ1n) is 14.5. The summed E-state index contributed by atoms with van der Waals surface area (Å²) in [6, 6.07) is 28.9. The maximum absolute atomic E-state index is 14.2. The molecule has 1 aromatic heterocycles. The molecule has 0 unspecified atom stereocenters. The highest BCUT2D eigenvalue weighted by atomic mass is 35.5. The monoisotopic (exact) mass is 670 g/mol. The number of hydrogen-bond acceptors (Lipinski definition) is 7. The second-order valence-electron chi connectivity index (χ2n) is 10.3. The Labute approximate surface area is 279 Å². The van der Waals surface area contributed by atoms with Crippen LogP contribution in [0, 0.1) is 0 Å². The SMILES string of the molecule is CCOC(=O)C1=C(c2ccccc2)N=c2s/c(=C\c3cc(Cl)c(OCc4ccccc4)c(OC)c3)c(=O)n2[C@@H]1c1ccc(Cl)cc1. The van der Waals surface area contributed by atoms with Gasteiger partial charge in [-0.3, -0.25) is 9.36 Å². The molecule has 7 nitrogen and oxygen atoms in total. The van der Waals surface area contributed by atoms with E-state index in [-0.39, 0.29) is 17.7 Å². The summed E-state index contributed by atoms with van der Waals surface area (Å²) >= 11 is 14.1. The lowest BCUT2D eigenvalue weighted by atomic mass is 9.93. The molecule has 0 aliphatic carbocycles. The zero-order valence-electron chi connectivity index (χ0n) is 24.9. The van der Waals surface area contributed by atoms with Crippen molar-refractivity contribution < 1.29 is 19.0 Å². The third kappa shape index (κ3) is 6.37. The van der Waals surface area contributed by atoms with Crippen molar-refractivity contribution in [1.29, 1.82) is 0 Å². The van der Waals surface area contributed by atoms with Gasteiger partial charge in [0.15, 0.2) is 16.3 Å². The number of ether oxygens (including phenoxy) is 3. The van der Waals surface area contributed by atoms with Gasteiger partial charge in [-0.1, -0.05) is 107 Å². The fourth-order valence-corrected chi connectivity index (χ4v) is 6.65. The van der Waals surface area contributed by atoms with Gasteiger partial charge in [0.2, 0.25) is 0 Å². The van der Waals surface area contributed by atoms with Gasteiger partial charge in [0.1, 0.15) is 6.61 Å². The third-order valence-corrected chi connectivity index (χ3v) is 8.85. The first-order valence-corrected chi connectivity index (χ1v) is 16.0. The van der Waals surface area contributed by atoms with Crippen LogP contribution in [0.5, 0.6) is 11.5 Å². The Morgan fingerprint density at radius 1 is 0.978 bits per heavy atom. The van der Waals surface area contributed by atoms with Gasteiger partial charge in [0.25, 0.3) is 5.56 Å². The Bertz CT molecular complexity index is 2110. The predicted molar refractivity (Wildman–Crippen MR) is 181 cm³/mol. The highest BCUT2D eigenvalue weighted by molar-refractivity contribution is 7.07. The molecular weight excluding hydrogens is 643 g/mol. The van der Waals surface area contributed by atoms with E-state index in [9.17, 15) is 9.59 Å². The first-order chi connectivity index (χ1) is 22.4. The quantitative estimate of drug-likeness (QED) is 0.161. The highest BCUT2D eigenvalue weighted by Crippen LogP contribution is 2.38. The van der Waals surface area contributed by atoms with Crippen LogP contribution in [0.15, 0.2) is 112 Å². The number of halogens is 2. The second kappa shape index (κ2) is 13.8. The van der Waals surface area contributed by atoms with Crippen LogP contribution in [0.3, 0.4) is 0 Å². The molecule has 0 amide bonds. The summed E-state index contributed by atoms with van der Waals surface area (Å²) in [5.74, 6) is 0.278. The lowest BCUT2D eigenvalue weighted by Crippen LogP contribution is -2.40. The van der Waals surface area contributed by atoms with Crippen molar-refractivity contribution in [1.82, 2.24) is 4.57 Å². The number of aromatic nitrogens is 1. The minimum atomic E-state index is -0.809. The molecule has 0 saturated heterocycles. The van der Waals surface area contributed by atoms with E-state index in [1.54, 1.807) is 49.4 Å². The molecule has 46 heavy (non-hydrogen) atoms. The van der Waals surface area contributed by atoms with Crippen molar-refractivity contribution >= 4 is 52.3 Å². The molecule has 6 rings (SSSR count). The number of fused-ring (bicyclic) bond motifs is 1. The molecule has 0 radical (unpaired) electrons. The molecule has 5 aromatic rings. The highest BCUT2D eigenvalue weighted by Gasteiger charge is 2.35. The van der Waals surface area contributed by atoms with Crippen LogP contribution in [0.1, 0.15) is 35.2 Å². The minimum Gasteiger partial charge on any atom is -0.493 e. The van der Waals surface area contributed by atoms with Crippen LogP contribution in [-0.2, 0) is 16.1 Å². The van der Waals surface area contributed by atoms with Crippen LogP contribution >= 0.6 is 34.5 Å². The smallest absolute Gasteiger partial charge is 0.338 e.